The number of carbonyl (C=O) groups excluding carboxylic acids is 1. The molecule has 1 unspecified atom stereocenters. The van der Waals surface area contributed by atoms with Gasteiger partial charge in [0.25, 0.3) is 5.91 Å². The molecular formula is C36H34BrN5O. The van der Waals surface area contributed by atoms with E-state index >= 15 is 0 Å². The Morgan fingerprint density at radius 1 is 0.884 bits per heavy atom. The highest BCUT2D eigenvalue weighted by Crippen LogP contribution is 2.37. The van der Waals surface area contributed by atoms with Crippen molar-refractivity contribution in [2.24, 2.45) is 0 Å². The topological polar surface area (TPSA) is 57.2 Å². The van der Waals surface area contributed by atoms with Gasteiger partial charge in [-0.1, -0.05) is 82.7 Å². The number of amides is 1. The van der Waals surface area contributed by atoms with Gasteiger partial charge in [-0.2, -0.15) is 0 Å². The number of imidazole rings is 1. The van der Waals surface area contributed by atoms with Crippen molar-refractivity contribution >= 4 is 43.4 Å². The fraction of sp³-hybridized carbons (Fsp3) is 0.222. The number of piperazine rings is 1. The number of carbonyl (C=O) groups is 1. The molecule has 0 aliphatic carbocycles. The van der Waals surface area contributed by atoms with Crippen LogP contribution < -0.4 is 0 Å². The molecule has 6 nitrogen and oxygen atoms in total. The first kappa shape index (κ1) is 27.6. The van der Waals surface area contributed by atoms with Crippen molar-refractivity contribution in [2.75, 3.05) is 33.2 Å². The zero-order valence-electron chi connectivity index (χ0n) is 24.4. The first-order valence-corrected chi connectivity index (χ1v) is 15.6. The molecule has 1 amide bonds. The van der Waals surface area contributed by atoms with E-state index in [-0.39, 0.29) is 11.9 Å². The standard InChI is InChI=1S/C36H34BrN5O/c1-24-35(39-23-38-24)34(18-25-11-12-26-7-3-4-8-27(26)17-25)42-21-32(31-20-29(37)19-28-9-5-6-10-30(28)31)33(22-42)36(43)41-15-13-40(2)14-16-41/h3-12,17,19-23,34H,13-16,18H2,1-2H3,(H,38,39). The average molecular weight is 633 g/mol. The number of aryl methyl sites for hydroxylation is 1. The van der Waals surface area contributed by atoms with Gasteiger partial charge in [0, 0.05) is 48.6 Å². The van der Waals surface area contributed by atoms with Crippen LogP contribution in [0.1, 0.15) is 33.4 Å². The number of hydrogen-bond donors (Lipinski definition) is 1. The minimum atomic E-state index is -0.0742. The third kappa shape index (κ3) is 5.39. The number of likely N-dealkylation sites (N-methyl/N-ethyl adjacent to an activating group) is 1. The zero-order valence-corrected chi connectivity index (χ0v) is 26.0. The van der Waals surface area contributed by atoms with Crippen LogP contribution in [0.25, 0.3) is 32.7 Å². The number of halogens is 1. The first-order valence-electron chi connectivity index (χ1n) is 14.8. The summed E-state index contributed by atoms with van der Waals surface area (Å²) in [6, 6.07) is 27.7. The second-order valence-electron chi connectivity index (χ2n) is 11.6. The Bertz CT molecular complexity index is 1950. The Labute approximate surface area is 260 Å². The minimum Gasteiger partial charge on any atom is -0.347 e. The zero-order chi connectivity index (χ0) is 29.5. The van der Waals surface area contributed by atoms with E-state index in [9.17, 15) is 4.79 Å². The Kier molecular flexibility index (Phi) is 7.37. The summed E-state index contributed by atoms with van der Waals surface area (Å²) in [7, 11) is 2.11. The number of nitrogens with one attached hydrogen (secondary N) is 1. The van der Waals surface area contributed by atoms with Gasteiger partial charge in [0.15, 0.2) is 0 Å². The van der Waals surface area contributed by atoms with E-state index in [0.29, 0.717) is 0 Å². The van der Waals surface area contributed by atoms with Gasteiger partial charge in [0.05, 0.1) is 29.3 Å². The van der Waals surface area contributed by atoms with Crippen LogP contribution in [0.2, 0.25) is 0 Å². The number of aromatic nitrogens is 3. The molecular weight excluding hydrogens is 598 g/mol. The molecule has 1 atom stereocenters. The normalized spacial score (nSPS) is 14.9. The second-order valence-corrected chi connectivity index (χ2v) is 12.5. The first-order chi connectivity index (χ1) is 20.9. The third-order valence-electron chi connectivity index (χ3n) is 8.79. The average Bonchev–Trinajstić information content (AvgIpc) is 3.66. The molecule has 1 saturated heterocycles. The molecule has 216 valence electrons. The fourth-order valence-electron chi connectivity index (χ4n) is 6.37. The second kappa shape index (κ2) is 11.5. The molecule has 1 N–H and O–H groups in total. The Hall–Kier alpha value is -4.20. The van der Waals surface area contributed by atoms with Gasteiger partial charge in [-0.25, -0.2) is 4.98 Å². The summed E-state index contributed by atoms with van der Waals surface area (Å²) in [6.45, 7) is 5.24. The van der Waals surface area contributed by atoms with Crippen molar-refractivity contribution in [3.63, 3.8) is 0 Å². The molecule has 6 aromatic rings. The van der Waals surface area contributed by atoms with Crippen molar-refractivity contribution in [1.29, 1.82) is 0 Å². The van der Waals surface area contributed by atoms with Gasteiger partial charge in [-0.15, -0.1) is 0 Å². The number of aromatic amines is 1. The fourth-order valence-corrected chi connectivity index (χ4v) is 6.85. The summed E-state index contributed by atoms with van der Waals surface area (Å²) in [4.78, 5) is 26.5. The van der Waals surface area contributed by atoms with Crippen molar-refractivity contribution in [3.8, 4) is 11.1 Å². The van der Waals surface area contributed by atoms with Gasteiger partial charge in [-0.3, -0.25) is 4.79 Å². The van der Waals surface area contributed by atoms with Crippen LogP contribution in [0, 0.1) is 6.92 Å². The van der Waals surface area contributed by atoms with Crippen molar-refractivity contribution < 1.29 is 4.79 Å². The summed E-state index contributed by atoms with van der Waals surface area (Å²) in [6.07, 6.45) is 6.76. The van der Waals surface area contributed by atoms with E-state index < -0.39 is 0 Å². The minimum absolute atomic E-state index is 0.0742. The van der Waals surface area contributed by atoms with Gasteiger partial charge in [0.2, 0.25) is 0 Å². The molecule has 7 heteroatoms. The van der Waals surface area contributed by atoms with Gasteiger partial charge in [0.1, 0.15) is 0 Å². The van der Waals surface area contributed by atoms with E-state index in [1.807, 2.05) is 11.8 Å². The molecule has 0 bridgehead atoms. The highest BCUT2D eigenvalue weighted by atomic mass is 79.9. The van der Waals surface area contributed by atoms with Crippen LogP contribution in [0.4, 0.5) is 0 Å². The van der Waals surface area contributed by atoms with Crippen LogP contribution in [0.15, 0.2) is 102 Å². The predicted molar refractivity (Wildman–Crippen MR) is 178 cm³/mol. The SMILES string of the molecule is Cc1nc[nH]c1C(Cc1ccc2ccccc2c1)n1cc(C(=O)N2CCN(C)CC2)c(-c2cc(Br)cc3ccccc23)c1. The Morgan fingerprint density at radius 2 is 1.63 bits per heavy atom. The maximum Gasteiger partial charge on any atom is 0.256 e. The highest BCUT2D eigenvalue weighted by molar-refractivity contribution is 9.10. The molecule has 4 aromatic carbocycles. The van der Waals surface area contributed by atoms with Crippen LogP contribution in [-0.2, 0) is 6.42 Å². The number of hydrogen-bond acceptors (Lipinski definition) is 3. The molecule has 0 saturated carbocycles. The lowest BCUT2D eigenvalue weighted by atomic mass is 9.97. The quantitative estimate of drug-likeness (QED) is 0.207. The number of H-pyrrole nitrogens is 1. The molecule has 0 spiro atoms. The summed E-state index contributed by atoms with van der Waals surface area (Å²) in [5.41, 5.74) is 5.96. The smallest absolute Gasteiger partial charge is 0.256 e. The van der Waals surface area contributed by atoms with Crippen molar-refractivity contribution in [2.45, 2.75) is 19.4 Å². The monoisotopic (exact) mass is 631 g/mol. The third-order valence-corrected chi connectivity index (χ3v) is 9.25. The van der Waals surface area contributed by atoms with E-state index in [2.05, 4.69) is 134 Å². The summed E-state index contributed by atoms with van der Waals surface area (Å²) < 4.78 is 3.22. The van der Waals surface area contributed by atoms with Crippen LogP contribution in [-0.4, -0.2) is 63.5 Å². The molecule has 2 aromatic heterocycles. The molecule has 1 aliphatic heterocycles. The van der Waals surface area contributed by atoms with Crippen molar-refractivity contribution in [1.82, 2.24) is 24.3 Å². The molecule has 1 aliphatic rings. The molecule has 1 fully saturated rings. The lowest BCUT2D eigenvalue weighted by Gasteiger charge is -2.32. The molecule has 43 heavy (non-hydrogen) atoms. The number of benzene rings is 4. The summed E-state index contributed by atoms with van der Waals surface area (Å²) in [5, 5.41) is 4.71. The molecule has 0 radical (unpaired) electrons. The van der Waals surface area contributed by atoms with Gasteiger partial charge in [-0.05, 0) is 65.2 Å². The Morgan fingerprint density at radius 3 is 2.40 bits per heavy atom. The van der Waals surface area contributed by atoms with Crippen LogP contribution in [0.5, 0.6) is 0 Å². The lowest BCUT2D eigenvalue weighted by molar-refractivity contribution is 0.0664. The highest BCUT2D eigenvalue weighted by Gasteiger charge is 2.28. The Balaban J connectivity index is 1.39. The maximum atomic E-state index is 14.3. The summed E-state index contributed by atoms with van der Waals surface area (Å²) >= 11 is 3.75. The van der Waals surface area contributed by atoms with Crippen LogP contribution >= 0.6 is 15.9 Å². The number of fused-ring (bicyclic) bond motifs is 2. The maximum absolute atomic E-state index is 14.3. The van der Waals surface area contributed by atoms with Gasteiger partial charge >= 0.3 is 0 Å². The largest absolute Gasteiger partial charge is 0.347 e. The van der Waals surface area contributed by atoms with E-state index in [1.165, 1.54) is 16.3 Å². The molecule has 7 rings (SSSR count). The summed E-state index contributed by atoms with van der Waals surface area (Å²) in [5.74, 6) is 0.0803. The van der Waals surface area contributed by atoms with Crippen molar-refractivity contribution in [3.05, 3.63) is 125 Å². The molecule has 3 heterocycles. The van der Waals surface area contributed by atoms with E-state index in [1.54, 1.807) is 6.33 Å². The van der Waals surface area contributed by atoms with E-state index in [0.717, 1.165) is 75.9 Å². The number of nitrogens with zero attached hydrogens (tertiary/aromatic N) is 4. The van der Waals surface area contributed by atoms with Gasteiger partial charge < -0.3 is 19.4 Å². The van der Waals surface area contributed by atoms with Crippen LogP contribution in [0.3, 0.4) is 0 Å². The number of rotatable bonds is 6. The lowest BCUT2D eigenvalue weighted by Crippen LogP contribution is -2.47. The van der Waals surface area contributed by atoms with E-state index in [4.69, 9.17) is 0 Å². The predicted octanol–water partition coefficient (Wildman–Crippen LogP) is 7.48.